The number of nitrogens with zero attached hydrogens (tertiary/aromatic N) is 2. The molecular formula is C16H17N3O. The van der Waals surface area contributed by atoms with Crippen LogP contribution in [-0.4, -0.2) is 14.9 Å². The Morgan fingerprint density at radius 1 is 1.10 bits per heavy atom. The second-order valence-electron chi connectivity index (χ2n) is 5.54. The van der Waals surface area contributed by atoms with E-state index >= 15 is 0 Å². The molecule has 0 aliphatic carbocycles. The van der Waals surface area contributed by atoms with Crippen LogP contribution < -0.4 is 5.73 Å². The molecule has 0 radical (unpaired) electrons. The van der Waals surface area contributed by atoms with E-state index in [2.05, 4.69) is 4.98 Å². The van der Waals surface area contributed by atoms with Crippen molar-refractivity contribution in [3.8, 4) is 11.4 Å². The third kappa shape index (κ3) is 2.04. The van der Waals surface area contributed by atoms with Gasteiger partial charge < -0.3 is 10.9 Å². The zero-order valence-electron chi connectivity index (χ0n) is 11.5. The molecule has 0 bridgehead atoms. The molecule has 4 heteroatoms. The lowest BCUT2D eigenvalue weighted by Crippen LogP contribution is -2.28. The number of nitrogens with two attached hydrogens (primary N) is 1. The Kier molecular flexibility index (Phi) is 2.76. The van der Waals surface area contributed by atoms with Crippen molar-refractivity contribution >= 4 is 11.0 Å². The summed E-state index contributed by atoms with van der Waals surface area (Å²) in [6.45, 7) is 3.87. The lowest BCUT2D eigenvalue weighted by molar-refractivity contribution is 0.203. The van der Waals surface area contributed by atoms with E-state index in [1.54, 1.807) is 0 Å². The van der Waals surface area contributed by atoms with Crippen LogP contribution in [0, 0.1) is 0 Å². The van der Waals surface area contributed by atoms with Gasteiger partial charge in [-0.05, 0) is 31.5 Å². The van der Waals surface area contributed by atoms with Crippen LogP contribution in [0.2, 0.25) is 0 Å². The summed E-state index contributed by atoms with van der Waals surface area (Å²) in [5.41, 5.74) is 8.90. The number of fused-ring (bicyclic) bond motifs is 1. The molecule has 1 heterocycles. The van der Waals surface area contributed by atoms with Crippen molar-refractivity contribution in [1.29, 1.82) is 0 Å². The first-order chi connectivity index (χ1) is 9.47. The highest BCUT2D eigenvalue weighted by Crippen LogP contribution is 2.26. The van der Waals surface area contributed by atoms with E-state index in [4.69, 9.17) is 5.73 Å². The largest absolute Gasteiger partial charge is 0.426 e. The molecule has 0 spiro atoms. The van der Waals surface area contributed by atoms with Gasteiger partial charge in [-0.15, -0.1) is 0 Å². The van der Waals surface area contributed by atoms with Gasteiger partial charge in [0.15, 0.2) is 5.82 Å². The minimum Gasteiger partial charge on any atom is -0.426 e. The molecule has 3 N–H and O–H groups in total. The average molecular weight is 267 g/mol. The smallest absolute Gasteiger partial charge is 0.176 e. The third-order valence-electron chi connectivity index (χ3n) is 3.41. The second kappa shape index (κ2) is 4.35. The molecule has 0 unspecified atom stereocenters. The normalized spacial score (nSPS) is 11.9. The highest BCUT2D eigenvalue weighted by molar-refractivity contribution is 5.81. The fraction of sp³-hybridized carbons (Fsp3) is 0.188. The molecule has 0 amide bonds. The first kappa shape index (κ1) is 12.7. The maximum atomic E-state index is 10.3. The van der Waals surface area contributed by atoms with Gasteiger partial charge in [-0.3, -0.25) is 0 Å². The number of imidazole rings is 1. The maximum Gasteiger partial charge on any atom is 0.176 e. The zero-order valence-corrected chi connectivity index (χ0v) is 11.5. The molecular weight excluding hydrogens is 250 g/mol. The number of hydrogen-bond acceptors (Lipinski definition) is 3. The van der Waals surface area contributed by atoms with E-state index in [0.29, 0.717) is 11.3 Å². The van der Waals surface area contributed by atoms with Gasteiger partial charge >= 0.3 is 0 Å². The molecule has 2 aromatic carbocycles. The van der Waals surface area contributed by atoms with Crippen molar-refractivity contribution in [1.82, 2.24) is 9.71 Å². The van der Waals surface area contributed by atoms with Gasteiger partial charge in [0, 0.05) is 11.1 Å². The van der Waals surface area contributed by atoms with Crippen molar-refractivity contribution in [2.45, 2.75) is 19.4 Å². The minimum atomic E-state index is -0.453. The summed E-state index contributed by atoms with van der Waals surface area (Å²) in [6.07, 6.45) is 0. The molecule has 102 valence electrons. The highest BCUT2D eigenvalue weighted by atomic mass is 16.5. The summed E-state index contributed by atoms with van der Waals surface area (Å²) in [4.78, 5) is 4.48. The molecule has 3 aromatic rings. The first-order valence-electron chi connectivity index (χ1n) is 6.53. The summed E-state index contributed by atoms with van der Waals surface area (Å²) < 4.78 is 1.12. The fourth-order valence-corrected chi connectivity index (χ4v) is 2.24. The summed E-state index contributed by atoms with van der Waals surface area (Å²) in [7, 11) is 0. The van der Waals surface area contributed by atoms with Gasteiger partial charge in [0.05, 0.1) is 5.52 Å². The van der Waals surface area contributed by atoms with Crippen molar-refractivity contribution in [2.75, 3.05) is 0 Å². The Labute approximate surface area is 117 Å². The SMILES string of the molecule is CC(C)(N)c1ccc2nc(-c3ccccc3)n(O)c2c1. The molecule has 4 nitrogen and oxygen atoms in total. The van der Waals surface area contributed by atoms with Crippen LogP contribution in [0.15, 0.2) is 48.5 Å². The predicted octanol–water partition coefficient (Wildman–Crippen LogP) is 3.13. The Hall–Kier alpha value is -2.33. The number of aromatic nitrogens is 2. The van der Waals surface area contributed by atoms with E-state index in [0.717, 1.165) is 21.4 Å². The van der Waals surface area contributed by atoms with E-state index in [-0.39, 0.29) is 0 Å². The van der Waals surface area contributed by atoms with Crippen molar-refractivity contribution < 1.29 is 5.21 Å². The number of rotatable bonds is 2. The molecule has 20 heavy (non-hydrogen) atoms. The van der Waals surface area contributed by atoms with E-state index in [1.165, 1.54) is 0 Å². The zero-order chi connectivity index (χ0) is 14.3. The van der Waals surface area contributed by atoms with Crippen LogP contribution in [0.5, 0.6) is 0 Å². The minimum absolute atomic E-state index is 0.453. The van der Waals surface area contributed by atoms with Crippen molar-refractivity contribution in [3.05, 3.63) is 54.1 Å². The summed E-state index contributed by atoms with van der Waals surface area (Å²) in [6, 6.07) is 15.3. The van der Waals surface area contributed by atoms with Crippen molar-refractivity contribution in [2.24, 2.45) is 5.73 Å². The standard InChI is InChI=1S/C16H17N3O/c1-16(2,17)12-8-9-13-14(10-12)19(20)15(18-13)11-6-4-3-5-7-11/h3-10,20H,17H2,1-2H3. The monoisotopic (exact) mass is 267 g/mol. The van der Waals surface area contributed by atoms with Gasteiger partial charge in [-0.25, -0.2) is 4.98 Å². The van der Waals surface area contributed by atoms with Crippen molar-refractivity contribution in [3.63, 3.8) is 0 Å². The molecule has 3 rings (SSSR count). The average Bonchev–Trinajstić information content (AvgIpc) is 2.76. The Balaban J connectivity index is 2.21. The van der Waals surface area contributed by atoms with Crippen LogP contribution in [0.3, 0.4) is 0 Å². The Morgan fingerprint density at radius 3 is 2.45 bits per heavy atom. The van der Waals surface area contributed by atoms with Gasteiger partial charge in [0.2, 0.25) is 0 Å². The maximum absolute atomic E-state index is 10.3. The van der Waals surface area contributed by atoms with Gasteiger partial charge in [-0.1, -0.05) is 36.4 Å². The number of hydrogen-bond donors (Lipinski definition) is 2. The van der Waals surface area contributed by atoms with Gasteiger partial charge in [0.1, 0.15) is 5.52 Å². The van der Waals surface area contributed by atoms with Crippen LogP contribution >= 0.6 is 0 Å². The lowest BCUT2D eigenvalue weighted by Gasteiger charge is -2.18. The topological polar surface area (TPSA) is 64.1 Å². The molecule has 1 aromatic heterocycles. The molecule has 0 fully saturated rings. The van der Waals surface area contributed by atoms with Crippen LogP contribution in [0.25, 0.3) is 22.4 Å². The summed E-state index contributed by atoms with van der Waals surface area (Å²) in [5, 5.41) is 10.3. The van der Waals surface area contributed by atoms with Gasteiger partial charge in [0.25, 0.3) is 0 Å². The summed E-state index contributed by atoms with van der Waals surface area (Å²) in [5.74, 6) is 0.535. The van der Waals surface area contributed by atoms with Crippen LogP contribution in [0.1, 0.15) is 19.4 Å². The third-order valence-corrected chi connectivity index (χ3v) is 3.41. The Morgan fingerprint density at radius 2 is 1.80 bits per heavy atom. The van der Waals surface area contributed by atoms with E-state index in [1.807, 2.05) is 62.4 Å². The lowest BCUT2D eigenvalue weighted by atomic mass is 9.95. The molecule has 0 aliphatic heterocycles. The second-order valence-corrected chi connectivity index (χ2v) is 5.54. The quantitative estimate of drug-likeness (QED) is 0.701. The molecule has 0 saturated heterocycles. The predicted molar refractivity (Wildman–Crippen MR) is 79.6 cm³/mol. The van der Waals surface area contributed by atoms with E-state index < -0.39 is 5.54 Å². The van der Waals surface area contributed by atoms with Crippen LogP contribution in [0.4, 0.5) is 0 Å². The number of benzene rings is 2. The molecule has 0 saturated carbocycles. The Bertz CT molecular complexity index is 754. The highest BCUT2D eigenvalue weighted by Gasteiger charge is 2.17. The van der Waals surface area contributed by atoms with Crippen LogP contribution in [-0.2, 0) is 5.54 Å². The molecule has 0 atom stereocenters. The van der Waals surface area contributed by atoms with Gasteiger partial charge in [-0.2, -0.15) is 4.73 Å². The fourth-order valence-electron chi connectivity index (χ4n) is 2.24. The van der Waals surface area contributed by atoms with E-state index in [9.17, 15) is 5.21 Å². The molecule has 0 aliphatic rings. The summed E-state index contributed by atoms with van der Waals surface area (Å²) >= 11 is 0. The first-order valence-corrected chi connectivity index (χ1v) is 6.53.